The summed E-state index contributed by atoms with van der Waals surface area (Å²) >= 11 is 0. The van der Waals surface area contributed by atoms with Crippen molar-refractivity contribution >= 4 is 6.29 Å². The van der Waals surface area contributed by atoms with E-state index in [1.54, 1.807) is 12.1 Å². The van der Waals surface area contributed by atoms with Crippen LogP contribution >= 0.6 is 0 Å². The highest BCUT2D eigenvalue weighted by Crippen LogP contribution is 2.34. The molecule has 3 nitrogen and oxygen atoms in total. The van der Waals surface area contributed by atoms with Crippen LogP contribution in [0.2, 0.25) is 0 Å². The van der Waals surface area contributed by atoms with Gasteiger partial charge in [0.15, 0.2) is 12.0 Å². The van der Waals surface area contributed by atoms with E-state index in [-0.39, 0.29) is 11.5 Å². The third-order valence-electron chi connectivity index (χ3n) is 3.33. The molecule has 0 N–H and O–H groups in total. The van der Waals surface area contributed by atoms with Crippen molar-refractivity contribution in [1.82, 2.24) is 0 Å². The van der Waals surface area contributed by atoms with E-state index in [2.05, 4.69) is 4.74 Å². The second kappa shape index (κ2) is 6.23. The largest absolute Gasteiger partial charge is 0.573 e. The summed E-state index contributed by atoms with van der Waals surface area (Å²) in [5.41, 5.74) is 2.20. The fraction of sp³-hybridized carbons (Fsp3) is 0.0556. The number of alkyl halides is 3. The molecule has 0 aliphatic heterocycles. The SMILES string of the molecule is O=Cc1ccc(-c2ccccc2-c2ccc(OC(F)(F)F)cc2)o1. The zero-order chi connectivity index (χ0) is 17.2. The van der Waals surface area contributed by atoms with E-state index < -0.39 is 6.36 Å². The summed E-state index contributed by atoms with van der Waals surface area (Å²) in [6.45, 7) is 0. The zero-order valence-electron chi connectivity index (χ0n) is 12.2. The zero-order valence-corrected chi connectivity index (χ0v) is 12.2. The van der Waals surface area contributed by atoms with Crippen molar-refractivity contribution in [2.45, 2.75) is 6.36 Å². The number of carbonyl (C=O) groups is 1. The predicted molar refractivity (Wildman–Crippen MR) is 81.7 cm³/mol. The minimum atomic E-state index is -4.72. The molecule has 3 aromatic rings. The quantitative estimate of drug-likeness (QED) is 0.607. The molecule has 0 fully saturated rings. The lowest BCUT2D eigenvalue weighted by Crippen LogP contribution is -2.16. The predicted octanol–water partition coefficient (Wildman–Crippen LogP) is 5.32. The minimum absolute atomic E-state index is 0.203. The van der Waals surface area contributed by atoms with Crippen LogP contribution in [0.1, 0.15) is 10.6 Å². The first-order valence-electron chi connectivity index (χ1n) is 6.97. The Bertz CT molecular complexity index is 848. The molecule has 0 aliphatic rings. The van der Waals surface area contributed by atoms with E-state index in [0.717, 1.165) is 11.1 Å². The summed E-state index contributed by atoms with van der Waals surface area (Å²) in [7, 11) is 0. The summed E-state index contributed by atoms with van der Waals surface area (Å²) in [4.78, 5) is 10.8. The second-order valence-electron chi connectivity index (χ2n) is 4.94. The summed E-state index contributed by atoms with van der Waals surface area (Å²) in [5.74, 6) is 0.419. The van der Waals surface area contributed by atoms with Crippen LogP contribution in [0.5, 0.6) is 5.75 Å². The third-order valence-corrected chi connectivity index (χ3v) is 3.33. The Hall–Kier alpha value is -3.02. The Morgan fingerprint density at radius 3 is 2.12 bits per heavy atom. The molecule has 1 aromatic heterocycles. The van der Waals surface area contributed by atoms with Crippen molar-refractivity contribution in [2.24, 2.45) is 0 Å². The molecule has 0 unspecified atom stereocenters. The molecule has 0 spiro atoms. The maximum absolute atomic E-state index is 12.2. The van der Waals surface area contributed by atoms with Crippen LogP contribution in [0.15, 0.2) is 65.1 Å². The van der Waals surface area contributed by atoms with Gasteiger partial charge in [0, 0.05) is 5.56 Å². The first-order chi connectivity index (χ1) is 11.5. The van der Waals surface area contributed by atoms with E-state index in [0.29, 0.717) is 17.6 Å². The van der Waals surface area contributed by atoms with Crippen LogP contribution in [0, 0.1) is 0 Å². The summed E-state index contributed by atoms with van der Waals surface area (Å²) < 4.78 is 46.0. The van der Waals surface area contributed by atoms with Gasteiger partial charge in [-0.15, -0.1) is 13.2 Å². The molecule has 3 rings (SSSR count). The Kier molecular flexibility index (Phi) is 4.12. The molecule has 0 aliphatic carbocycles. The Balaban J connectivity index is 1.96. The van der Waals surface area contributed by atoms with Gasteiger partial charge in [0.2, 0.25) is 0 Å². The van der Waals surface area contributed by atoms with Crippen LogP contribution in [0.3, 0.4) is 0 Å². The average molecular weight is 332 g/mol. The maximum atomic E-state index is 12.2. The normalized spacial score (nSPS) is 11.3. The lowest BCUT2D eigenvalue weighted by molar-refractivity contribution is -0.274. The van der Waals surface area contributed by atoms with Gasteiger partial charge >= 0.3 is 6.36 Å². The maximum Gasteiger partial charge on any atom is 0.573 e. The molecule has 24 heavy (non-hydrogen) atoms. The molecule has 0 saturated heterocycles. The molecular weight excluding hydrogens is 321 g/mol. The third kappa shape index (κ3) is 3.48. The molecule has 0 saturated carbocycles. The van der Waals surface area contributed by atoms with E-state index in [9.17, 15) is 18.0 Å². The van der Waals surface area contributed by atoms with Crippen molar-refractivity contribution in [2.75, 3.05) is 0 Å². The van der Waals surface area contributed by atoms with Crippen molar-refractivity contribution in [1.29, 1.82) is 0 Å². The summed E-state index contributed by atoms with van der Waals surface area (Å²) in [6.07, 6.45) is -4.12. The average Bonchev–Trinajstić information content (AvgIpc) is 3.03. The number of rotatable bonds is 4. The highest BCUT2D eigenvalue weighted by molar-refractivity contribution is 5.82. The number of carbonyl (C=O) groups excluding carboxylic acids is 1. The number of furan rings is 1. The van der Waals surface area contributed by atoms with Gasteiger partial charge in [0.25, 0.3) is 0 Å². The topological polar surface area (TPSA) is 39.4 Å². The Morgan fingerprint density at radius 2 is 1.54 bits per heavy atom. The van der Waals surface area contributed by atoms with Crippen molar-refractivity contribution in [3.8, 4) is 28.2 Å². The van der Waals surface area contributed by atoms with Crippen LogP contribution in [0.25, 0.3) is 22.5 Å². The lowest BCUT2D eigenvalue weighted by atomic mass is 9.98. The summed E-state index contributed by atoms with van der Waals surface area (Å²) in [5, 5.41) is 0. The van der Waals surface area contributed by atoms with Crippen LogP contribution in [0.4, 0.5) is 13.2 Å². The highest BCUT2D eigenvalue weighted by Gasteiger charge is 2.31. The van der Waals surface area contributed by atoms with Crippen molar-refractivity contribution < 1.29 is 27.1 Å². The van der Waals surface area contributed by atoms with E-state index in [1.807, 2.05) is 24.3 Å². The van der Waals surface area contributed by atoms with Crippen molar-refractivity contribution in [3.63, 3.8) is 0 Å². The smallest absolute Gasteiger partial charge is 0.453 e. The number of halogens is 3. The van der Waals surface area contributed by atoms with E-state index >= 15 is 0 Å². The van der Waals surface area contributed by atoms with Gasteiger partial charge in [-0.3, -0.25) is 4.79 Å². The van der Waals surface area contributed by atoms with Gasteiger partial charge in [-0.25, -0.2) is 0 Å². The molecule has 1 heterocycles. The molecule has 122 valence electrons. The van der Waals surface area contributed by atoms with Gasteiger partial charge in [0.1, 0.15) is 11.5 Å². The minimum Gasteiger partial charge on any atom is -0.453 e. The number of hydrogen-bond donors (Lipinski definition) is 0. The monoisotopic (exact) mass is 332 g/mol. The molecule has 0 bridgehead atoms. The molecule has 2 aromatic carbocycles. The fourth-order valence-electron chi connectivity index (χ4n) is 2.35. The van der Waals surface area contributed by atoms with Crippen LogP contribution < -0.4 is 4.74 Å². The van der Waals surface area contributed by atoms with Gasteiger partial charge in [-0.1, -0.05) is 36.4 Å². The number of hydrogen-bond acceptors (Lipinski definition) is 3. The number of ether oxygens (including phenoxy) is 1. The van der Waals surface area contributed by atoms with Crippen molar-refractivity contribution in [3.05, 3.63) is 66.4 Å². The van der Waals surface area contributed by atoms with Gasteiger partial charge < -0.3 is 9.15 Å². The second-order valence-corrected chi connectivity index (χ2v) is 4.94. The lowest BCUT2D eigenvalue weighted by Gasteiger charge is -2.11. The first kappa shape index (κ1) is 15.9. The number of aldehydes is 1. The molecule has 0 amide bonds. The Labute approximate surface area is 135 Å². The van der Waals surface area contributed by atoms with Gasteiger partial charge in [-0.05, 0) is 35.4 Å². The van der Waals surface area contributed by atoms with Crippen LogP contribution in [-0.4, -0.2) is 12.6 Å². The molecule has 0 radical (unpaired) electrons. The molecule has 6 heteroatoms. The molecular formula is C18H11F3O3. The van der Waals surface area contributed by atoms with Gasteiger partial charge in [0.05, 0.1) is 0 Å². The van der Waals surface area contributed by atoms with Gasteiger partial charge in [-0.2, -0.15) is 0 Å². The van der Waals surface area contributed by atoms with E-state index in [1.165, 1.54) is 24.3 Å². The first-order valence-corrected chi connectivity index (χ1v) is 6.97. The van der Waals surface area contributed by atoms with E-state index in [4.69, 9.17) is 4.42 Å². The standard InChI is InChI=1S/C18H11F3O3/c19-18(20,21)24-13-7-5-12(6-8-13)15-3-1-2-4-16(15)17-10-9-14(11-22)23-17/h1-11H. The highest BCUT2D eigenvalue weighted by atomic mass is 19.4. The fourth-order valence-corrected chi connectivity index (χ4v) is 2.35. The number of benzene rings is 2. The summed E-state index contributed by atoms with van der Waals surface area (Å²) in [6, 6.07) is 16.0. The van der Waals surface area contributed by atoms with Crippen LogP contribution in [-0.2, 0) is 0 Å². The Morgan fingerprint density at radius 1 is 0.875 bits per heavy atom. The molecule has 0 atom stereocenters.